The standard InChI is InChI=1S/C15H25NS/c1-5-6-13(4)17-15-9-7-14(8-10-15)11-16-12(2)3/h7-10,12-13,16H,5-6,11H2,1-4H3. The van der Waals surface area contributed by atoms with Crippen LogP contribution in [0.25, 0.3) is 0 Å². The molecule has 0 saturated carbocycles. The lowest BCUT2D eigenvalue weighted by molar-refractivity contribution is 0.588. The summed E-state index contributed by atoms with van der Waals surface area (Å²) in [5.41, 5.74) is 1.37. The highest BCUT2D eigenvalue weighted by atomic mass is 32.2. The highest BCUT2D eigenvalue weighted by Gasteiger charge is 2.03. The number of rotatable bonds is 7. The van der Waals surface area contributed by atoms with E-state index in [1.54, 1.807) is 0 Å². The highest BCUT2D eigenvalue weighted by Crippen LogP contribution is 2.25. The maximum absolute atomic E-state index is 3.44. The summed E-state index contributed by atoms with van der Waals surface area (Å²) in [6.07, 6.45) is 2.56. The normalized spacial score (nSPS) is 13.0. The van der Waals surface area contributed by atoms with Crippen molar-refractivity contribution in [3.63, 3.8) is 0 Å². The van der Waals surface area contributed by atoms with Crippen LogP contribution >= 0.6 is 11.8 Å². The molecule has 1 atom stereocenters. The van der Waals surface area contributed by atoms with Gasteiger partial charge in [-0.2, -0.15) is 0 Å². The van der Waals surface area contributed by atoms with Crippen molar-refractivity contribution in [2.45, 2.75) is 63.3 Å². The summed E-state index contributed by atoms with van der Waals surface area (Å²) in [5, 5.41) is 4.16. The molecule has 0 fully saturated rings. The van der Waals surface area contributed by atoms with E-state index in [0.29, 0.717) is 6.04 Å². The van der Waals surface area contributed by atoms with Crippen LogP contribution in [0.1, 0.15) is 46.1 Å². The lowest BCUT2D eigenvalue weighted by Crippen LogP contribution is -2.21. The minimum absolute atomic E-state index is 0.550. The summed E-state index contributed by atoms with van der Waals surface area (Å²) in [6.45, 7) is 9.88. The summed E-state index contributed by atoms with van der Waals surface area (Å²) < 4.78 is 0. The molecule has 0 heterocycles. The van der Waals surface area contributed by atoms with E-state index < -0.39 is 0 Å². The molecular weight excluding hydrogens is 226 g/mol. The molecule has 0 saturated heterocycles. The van der Waals surface area contributed by atoms with Crippen molar-refractivity contribution in [1.29, 1.82) is 0 Å². The van der Waals surface area contributed by atoms with Crippen molar-refractivity contribution in [2.24, 2.45) is 0 Å². The molecule has 1 nitrogen and oxygen atoms in total. The van der Waals surface area contributed by atoms with E-state index in [9.17, 15) is 0 Å². The van der Waals surface area contributed by atoms with Gasteiger partial charge in [-0.15, -0.1) is 11.8 Å². The molecule has 1 aromatic rings. The van der Waals surface area contributed by atoms with Gasteiger partial charge in [0.05, 0.1) is 0 Å². The molecule has 2 heteroatoms. The van der Waals surface area contributed by atoms with E-state index in [-0.39, 0.29) is 0 Å². The zero-order chi connectivity index (χ0) is 12.7. The Labute approximate surface area is 110 Å². The van der Waals surface area contributed by atoms with Crippen molar-refractivity contribution >= 4 is 11.8 Å². The Morgan fingerprint density at radius 3 is 2.29 bits per heavy atom. The second kappa shape index (κ2) is 7.78. The van der Waals surface area contributed by atoms with Crippen molar-refractivity contribution < 1.29 is 0 Å². The van der Waals surface area contributed by atoms with Crippen LogP contribution in [0.5, 0.6) is 0 Å². The maximum Gasteiger partial charge on any atom is 0.0207 e. The van der Waals surface area contributed by atoms with Crippen LogP contribution in [0.15, 0.2) is 29.2 Å². The average Bonchev–Trinajstić information content (AvgIpc) is 2.28. The molecule has 0 amide bonds. The largest absolute Gasteiger partial charge is 0.310 e. The Morgan fingerprint density at radius 1 is 1.12 bits per heavy atom. The van der Waals surface area contributed by atoms with Gasteiger partial charge in [0.2, 0.25) is 0 Å². The summed E-state index contributed by atoms with van der Waals surface area (Å²) >= 11 is 1.98. The second-order valence-corrected chi connectivity index (χ2v) is 6.41. The predicted octanol–water partition coefficient (Wildman–Crippen LogP) is 4.47. The second-order valence-electron chi connectivity index (χ2n) is 4.90. The molecule has 0 aliphatic rings. The lowest BCUT2D eigenvalue weighted by Gasteiger charge is -2.11. The lowest BCUT2D eigenvalue weighted by atomic mass is 10.2. The predicted molar refractivity (Wildman–Crippen MR) is 78.6 cm³/mol. The van der Waals surface area contributed by atoms with E-state index in [1.807, 2.05) is 11.8 Å². The Morgan fingerprint density at radius 2 is 1.76 bits per heavy atom. The van der Waals surface area contributed by atoms with Gasteiger partial charge < -0.3 is 5.32 Å². The van der Waals surface area contributed by atoms with Crippen LogP contribution in [0.4, 0.5) is 0 Å². The molecule has 0 aromatic heterocycles. The minimum Gasteiger partial charge on any atom is -0.310 e. The Bertz CT molecular complexity index is 305. The number of nitrogens with one attached hydrogen (secondary N) is 1. The average molecular weight is 251 g/mol. The summed E-state index contributed by atoms with van der Waals surface area (Å²) in [6, 6.07) is 9.50. The molecule has 0 spiro atoms. The number of benzene rings is 1. The topological polar surface area (TPSA) is 12.0 Å². The quantitative estimate of drug-likeness (QED) is 0.718. The molecule has 0 aliphatic heterocycles. The Balaban J connectivity index is 2.44. The van der Waals surface area contributed by atoms with E-state index in [4.69, 9.17) is 0 Å². The van der Waals surface area contributed by atoms with Crippen LogP contribution in [-0.2, 0) is 6.54 Å². The number of thioether (sulfide) groups is 1. The van der Waals surface area contributed by atoms with E-state index in [2.05, 4.69) is 57.3 Å². The van der Waals surface area contributed by atoms with Gasteiger partial charge in [0, 0.05) is 22.7 Å². The van der Waals surface area contributed by atoms with Crippen molar-refractivity contribution in [3.05, 3.63) is 29.8 Å². The first-order valence-corrected chi connectivity index (χ1v) is 7.48. The van der Waals surface area contributed by atoms with Crippen molar-refractivity contribution in [3.8, 4) is 0 Å². The summed E-state index contributed by atoms with van der Waals surface area (Å²) in [4.78, 5) is 1.39. The highest BCUT2D eigenvalue weighted by molar-refractivity contribution is 7.99. The third-order valence-corrected chi connectivity index (χ3v) is 3.85. The molecule has 96 valence electrons. The van der Waals surface area contributed by atoms with Gasteiger partial charge in [-0.3, -0.25) is 0 Å². The molecule has 17 heavy (non-hydrogen) atoms. The Hall–Kier alpha value is -0.470. The van der Waals surface area contributed by atoms with Gasteiger partial charge >= 0.3 is 0 Å². The molecular formula is C15H25NS. The minimum atomic E-state index is 0.550. The monoisotopic (exact) mass is 251 g/mol. The van der Waals surface area contributed by atoms with Crippen LogP contribution in [0, 0.1) is 0 Å². The van der Waals surface area contributed by atoms with Crippen LogP contribution in [-0.4, -0.2) is 11.3 Å². The fourth-order valence-corrected chi connectivity index (χ4v) is 2.82. The van der Waals surface area contributed by atoms with Gasteiger partial charge in [0.15, 0.2) is 0 Å². The third kappa shape index (κ3) is 6.13. The summed E-state index contributed by atoms with van der Waals surface area (Å²) in [7, 11) is 0. The smallest absolute Gasteiger partial charge is 0.0207 e. The number of hydrogen-bond acceptors (Lipinski definition) is 2. The number of hydrogen-bond donors (Lipinski definition) is 1. The SMILES string of the molecule is CCCC(C)Sc1ccc(CNC(C)C)cc1. The van der Waals surface area contributed by atoms with Crippen LogP contribution in [0.2, 0.25) is 0 Å². The molecule has 0 bridgehead atoms. The maximum atomic E-state index is 3.44. The zero-order valence-corrected chi connectivity index (χ0v) is 12.3. The van der Waals surface area contributed by atoms with Gasteiger partial charge in [0.25, 0.3) is 0 Å². The molecule has 1 aromatic carbocycles. The van der Waals surface area contributed by atoms with Gasteiger partial charge in [-0.05, 0) is 24.1 Å². The third-order valence-electron chi connectivity index (χ3n) is 2.67. The molecule has 1 N–H and O–H groups in total. The van der Waals surface area contributed by atoms with Crippen molar-refractivity contribution in [1.82, 2.24) is 5.32 Å². The van der Waals surface area contributed by atoms with Gasteiger partial charge in [0.1, 0.15) is 0 Å². The first-order chi connectivity index (χ1) is 8.11. The molecule has 1 rings (SSSR count). The fourth-order valence-electron chi connectivity index (χ4n) is 1.71. The first kappa shape index (κ1) is 14.6. The molecule has 1 unspecified atom stereocenters. The Kier molecular flexibility index (Phi) is 6.68. The van der Waals surface area contributed by atoms with E-state index in [0.717, 1.165) is 11.8 Å². The fraction of sp³-hybridized carbons (Fsp3) is 0.600. The van der Waals surface area contributed by atoms with Crippen LogP contribution < -0.4 is 5.32 Å². The van der Waals surface area contributed by atoms with Gasteiger partial charge in [-0.25, -0.2) is 0 Å². The molecule has 0 aliphatic carbocycles. The van der Waals surface area contributed by atoms with E-state index >= 15 is 0 Å². The zero-order valence-electron chi connectivity index (χ0n) is 11.5. The van der Waals surface area contributed by atoms with E-state index in [1.165, 1.54) is 23.3 Å². The van der Waals surface area contributed by atoms with Gasteiger partial charge in [-0.1, -0.05) is 46.2 Å². The van der Waals surface area contributed by atoms with Crippen LogP contribution in [0.3, 0.4) is 0 Å². The first-order valence-electron chi connectivity index (χ1n) is 6.60. The molecule has 0 radical (unpaired) electrons. The van der Waals surface area contributed by atoms with Crippen molar-refractivity contribution in [2.75, 3.05) is 0 Å². The summed E-state index contributed by atoms with van der Waals surface area (Å²) in [5.74, 6) is 0.